The van der Waals surface area contributed by atoms with Crippen LogP contribution in [0.1, 0.15) is 155 Å². The molecule has 0 aromatic rings. The van der Waals surface area contributed by atoms with Crippen LogP contribution in [0.15, 0.2) is 0 Å². The lowest BCUT2D eigenvalue weighted by Crippen LogP contribution is -1.93. The maximum absolute atomic E-state index is 5.68. The van der Waals surface area contributed by atoms with Crippen molar-refractivity contribution in [2.24, 2.45) is 5.92 Å². The fraction of sp³-hybridized carbons (Fsp3) is 0.862. The molecule has 168 valence electrons. The highest BCUT2D eigenvalue weighted by molar-refractivity contribution is 5.14. The highest BCUT2D eigenvalue weighted by Crippen LogP contribution is 2.14. The molecule has 0 spiro atoms. The molecule has 0 N–H and O–H groups in total. The monoisotopic (exact) mass is 400 g/mol. The van der Waals surface area contributed by atoms with Crippen molar-refractivity contribution < 1.29 is 0 Å². The van der Waals surface area contributed by atoms with Crippen molar-refractivity contribution in [2.75, 3.05) is 0 Å². The zero-order valence-corrected chi connectivity index (χ0v) is 20.2. The van der Waals surface area contributed by atoms with Crippen molar-refractivity contribution >= 4 is 0 Å². The van der Waals surface area contributed by atoms with Crippen LogP contribution in [0.4, 0.5) is 0 Å². The Kier molecular flexibility index (Phi) is 24.4. The summed E-state index contributed by atoms with van der Waals surface area (Å²) in [6.07, 6.45) is 35.5. The molecule has 0 aliphatic heterocycles. The van der Waals surface area contributed by atoms with E-state index in [0.29, 0.717) is 0 Å². The molecule has 1 atom stereocenters. The molecule has 0 heterocycles. The van der Waals surface area contributed by atoms with E-state index in [9.17, 15) is 0 Å². The maximum Gasteiger partial charge on any atom is 0.0808 e. The highest BCUT2D eigenvalue weighted by Gasteiger charge is 2.00. The summed E-state index contributed by atoms with van der Waals surface area (Å²) in [5, 5.41) is 0. The number of rotatable bonds is 21. The van der Waals surface area contributed by atoms with Crippen molar-refractivity contribution in [2.45, 2.75) is 155 Å². The van der Waals surface area contributed by atoms with Crippen molar-refractivity contribution in [1.29, 1.82) is 0 Å². The average molecular weight is 401 g/mol. The molecule has 0 amide bonds. The number of unbranched alkanes of at least 4 members (excludes halogenated alkanes) is 19. The van der Waals surface area contributed by atoms with Crippen LogP contribution < -0.4 is 0 Å². The Balaban J connectivity index is 3.42. The fourth-order valence-electron chi connectivity index (χ4n) is 3.93. The molecule has 0 saturated heterocycles. The van der Waals surface area contributed by atoms with E-state index in [4.69, 9.17) is 6.42 Å². The third kappa shape index (κ3) is 23.3. The molecule has 0 aromatic heterocycles. The normalized spacial score (nSPS) is 11.6. The second kappa shape index (κ2) is 25.2. The van der Waals surface area contributed by atoms with Crippen molar-refractivity contribution in [3.8, 4) is 24.2 Å². The van der Waals surface area contributed by atoms with Crippen LogP contribution in [-0.2, 0) is 0 Å². The van der Waals surface area contributed by atoms with Gasteiger partial charge in [0.15, 0.2) is 0 Å². The molecule has 0 saturated carbocycles. The summed E-state index contributed by atoms with van der Waals surface area (Å²) >= 11 is 0. The van der Waals surface area contributed by atoms with Gasteiger partial charge in [-0.1, -0.05) is 148 Å². The molecule has 0 radical (unpaired) electrons. The van der Waals surface area contributed by atoms with Crippen LogP contribution in [0.5, 0.6) is 0 Å². The van der Waals surface area contributed by atoms with Crippen molar-refractivity contribution in [1.82, 2.24) is 0 Å². The van der Waals surface area contributed by atoms with Gasteiger partial charge in [0.25, 0.3) is 0 Å². The second-order valence-electron chi connectivity index (χ2n) is 8.94. The molecule has 0 heteroatoms. The molecular weight excluding hydrogens is 348 g/mol. The summed E-state index contributed by atoms with van der Waals surface area (Å²) in [5.74, 6) is 9.78. The van der Waals surface area contributed by atoms with Gasteiger partial charge >= 0.3 is 0 Å². The third-order valence-corrected chi connectivity index (χ3v) is 5.98. The Morgan fingerprint density at radius 2 is 0.897 bits per heavy atom. The SMILES string of the molecule is C#CC(C#CCCCCCCCCCCCCC)CCCCCCCCCCC. The molecule has 0 nitrogen and oxygen atoms in total. The zero-order chi connectivity index (χ0) is 21.3. The minimum atomic E-state index is 0.187. The van der Waals surface area contributed by atoms with Gasteiger partial charge in [-0.2, -0.15) is 0 Å². The number of hydrogen-bond donors (Lipinski definition) is 0. The first kappa shape index (κ1) is 28.1. The number of terminal acetylenes is 1. The first-order valence-electron chi connectivity index (χ1n) is 13.3. The minimum Gasteiger partial charge on any atom is -0.119 e. The van der Waals surface area contributed by atoms with Crippen LogP contribution in [0.25, 0.3) is 0 Å². The second-order valence-corrected chi connectivity index (χ2v) is 8.94. The average Bonchev–Trinajstić information content (AvgIpc) is 2.74. The standard InChI is InChI=1S/C29H52/c1-4-7-9-11-13-15-16-17-18-20-22-24-26-28-29(6-3)27-25-23-21-19-14-12-10-8-5-2/h3,29H,4-5,7-25,27H2,1-2H3. The molecule has 0 rings (SSSR count). The van der Waals surface area contributed by atoms with Gasteiger partial charge in [-0.15, -0.1) is 12.3 Å². The summed E-state index contributed by atoms with van der Waals surface area (Å²) in [7, 11) is 0. The molecule has 1 unspecified atom stereocenters. The quantitative estimate of drug-likeness (QED) is 0.133. The first-order chi connectivity index (χ1) is 14.3. The molecule has 0 aromatic carbocycles. The van der Waals surface area contributed by atoms with Gasteiger partial charge in [-0.3, -0.25) is 0 Å². The van der Waals surface area contributed by atoms with Crippen molar-refractivity contribution in [3.05, 3.63) is 0 Å². The van der Waals surface area contributed by atoms with E-state index in [2.05, 4.69) is 31.6 Å². The highest BCUT2D eigenvalue weighted by atomic mass is 14.0. The van der Waals surface area contributed by atoms with Gasteiger partial charge in [0.2, 0.25) is 0 Å². The van der Waals surface area contributed by atoms with E-state index in [1.165, 1.54) is 128 Å². The third-order valence-electron chi connectivity index (χ3n) is 5.98. The molecule has 0 aliphatic rings. The van der Waals surface area contributed by atoms with Crippen LogP contribution in [0.2, 0.25) is 0 Å². The van der Waals surface area contributed by atoms with Gasteiger partial charge in [0, 0.05) is 6.42 Å². The van der Waals surface area contributed by atoms with E-state index < -0.39 is 0 Å². The minimum absolute atomic E-state index is 0.187. The van der Waals surface area contributed by atoms with E-state index in [1.54, 1.807) is 0 Å². The van der Waals surface area contributed by atoms with Gasteiger partial charge in [-0.25, -0.2) is 0 Å². The van der Waals surface area contributed by atoms with E-state index in [-0.39, 0.29) is 5.92 Å². The topological polar surface area (TPSA) is 0 Å². The Labute approximate surface area is 185 Å². The van der Waals surface area contributed by atoms with Gasteiger partial charge in [0.1, 0.15) is 0 Å². The summed E-state index contributed by atoms with van der Waals surface area (Å²) in [5.41, 5.74) is 0. The molecule has 0 bridgehead atoms. The maximum atomic E-state index is 5.68. The van der Waals surface area contributed by atoms with Crippen LogP contribution in [0, 0.1) is 30.1 Å². The van der Waals surface area contributed by atoms with Crippen LogP contribution >= 0.6 is 0 Å². The summed E-state index contributed by atoms with van der Waals surface area (Å²) < 4.78 is 0. The van der Waals surface area contributed by atoms with E-state index in [1.807, 2.05) is 0 Å². The Bertz CT molecular complexity index is 402. The first-order valence-corrected chi connectivity index (χ1v) is 13.3. The lowest BCUT2D eigenvalue weighted by molar-refractivity contribution is 0.547. The Hall–Kier alpha value is -0.880. The van der Waals surface area contributed by atoms with E-state index in [0.717, 1.165) is 12.8 Å². The largest absolute Gasteiger partial charge is 0.119 e. The number of hydrogen-bond acceptors (Lipinski definition) is 0. The fourth-order valence-corrected chi connectivity index (χ4v) is 3.93. The molecule has 29 heavy (non-hydrogen) atoms. The van der Waals surface area contributed by atoms with Gasteiger partial charge in [0.05, 0.1) is 5.92 Å². The summed E-state index contributed by atoms with van der Waals surface area (Å²) in [6, 6.07) is 0. The smallest absolute Gasteiger partial charge is 0.0808 e. The lowest BCUT2D eigenvalue weighted by Gasteiger charge is -2.04. The Morgan fingerprint density at radius 1 is 0.517 bits per heavy atom. The predicted octanol–water partition coefficient (Wildman–Crippen LogP) is 9.86. The zero-order valence-electron chi connectivity index (χ0n) is 20.2. The van der Waals surface area contributed by atoms with Crippen LogP contribution in [-0.4, -0.2) is 0 Å². The van der Waals surface area contributed by atoms with Gasteiger partial charge < -0.3 is 0 Å². The molecule has 0 fully saturated rings. The summed E-state index contributed by atoms with van der Waals surface area (Å²) in [6.45, 7) is 4.57. The van der Waals surface area contributed by atoms with Crippen LogP contribution in [0.3, 0.4) is 0 Å². The lowest BCUT2D eigenvalue weighted by atomic mass is 10.0. The predicted molar refractivity (Wildman–Crippen MR) is 133 cm³/mol. The van der Waals surface area contributed by atoms with Crippen molar-refractivity contribution in [3.63, 3.8) is 0 Å². The van der Waals surface area contributed by atoms with E-state index >= 15 is 0 Å². The molecule has 0 aliphatic carbocycles. The Morgan fingerprint density at radius 3 is 1.31 bits per heavy atom. The van der Waals surface area contributed by atoms with Gasteiger partial charge in [-0.05, 0) is 12.8 Å². The summed E-state index contributed by atoms with van der Waals surface area (Å²) in [4.78, 5) is 0. The molecular formula is C29H52.